The number of nitrogens with zero attached hydrogens (tertiary/aromatic N) is 2. The molecule has 2 aromatic carbocycles. The third-order valence-electron chi connectivity index (χ3n) is 5.38. The molecule has 0 saturated heterocycles. The van der Waals surface area contributed by atoms with Crippen molar-refractivity contribution in [2.75, 3.05) is 24.7 Å². The number of rotatable bonds is 3. The molecule has 19 heteroatoms. The van der Waals surface area contributed by atoms with E-state index in [1.54, 1.807) is 0 Å². The van der Waals surface area contributed by atoms with Gasteiger partial charge < -0.3 is 19.8 Å². The third-order valence-corrected chi connectivity index (χ3v) is 7.92. The molecule has 0 spiro atoms. The first-order valence-electron chi connectivity index (χ1n) is 10.2. The first kappa shape index (κ1) is 30.9. The Labute approximate surface area is 260 Å². The van der Waals surface area contributed by atoms with Crippen LogP contribution >= 0.6 is 63.2 Å². The molecule has 0 saturated carbocycles. The summed E-state index contributed by atoms with van der Waals surface area (Å²) in [5.74, 6) is -0.665. The Morgan fingerprint density at radius 3 is 2.23 bits per heavy atom. The predicted octanol–water partition coefficient (Wildman–Crippen LogP) is 5.92. The molecule has 2 aliphatic heterocycles. The first-order valence-corrected chi connectivity index (χ1v) is 22.8. The zero-order valence-electron chi connectivity index (χ0n) is 19.3. The van der Waals surface area contributed by atoms with Gasteiger partial charge in [-0.2, -0.15) is 16.8 Å². The number of anilines is 3. The van der Waals surface area contributed by atoms with Gasteiger partial charge in [-0.3, -0.25) is 14.1 Å². The molecule has 4 N–H and O–H groups in total. The fourth-order valence-corrected chi connectivity index (χ4v) is 6.02. The van der Waals surface area contributed by atoms with Crippen LogP contribution in [0.25, 0.3) is 22.6 Å². The van der Waals surface area contributed by atoms with Crippen molar-refractivity contribution in [2.24, 2.45) is 4.99 Å². The van der Waals surface area contributed by atoms with Crippen molar-refractivity contribution in [3.8, 4) is 23.0 Å². The van der Waals surface area contributed by atoms with E-state index in [1.165, 1.54) is 38.4 Å². The number of halogens is 4. The first-order chi connectivity index (χ1) is 18.3. The van der Waals surface area contributed by atoms with Gasteiger partial charge >= 0.3 is 59.5 Å². The summed E-state index contributed by atoms with van der Waals surface area (Å²) < 4.78 is 79.7. The fraction of sp³-hybridized carbons (Fsp3) is 0.100. The maximum absolute atomic E-state index is 12.1. The average molecular weight is 878 g/mol. The number of fused-ring (bicyclic) bond motifs is 4. The van der Waals surface area contributed by atoms with E-state index in [-0.39, 0.29) is 66.5 Å². The van der Waals surface area contributed by atoms with E-state index in [0.717, 1.165) is 0 Å². The van der Waals surface area contributed by atoms with Gasteiger partial charge in [0.2, 0.25) is 0 Å². The molecule has 12 nitrogen and oxygen atoms in total. The molecular weight excluding hydrogens is 864 g/mol. The summed E-state index contributed by atoms with van der Waals surface area (Å²) >= 11 is 17.9. The van der Waals surface area contributed by atoms with E-state index in [9.17, 15) is 25.9 Å². The molecule has 0 radical (unpaired) electrons. The van der Waals surface area contributed by atoms with Gasteiger partial charge in [0.1, 0.15) is 26.9 Å². The van der Waals surface area contributed by atoms with Crippen LogP contribution in [0.1, 0.15) is 0 Å². The van der Waals surface area contributed by atoms with Gasteiger partial charge in [-0.1, -0.05) is 23.2 Å². The Morgan fingerprint density at radius 1 is 1.03 bits per heavy atom. The number of ether oxygens (including phenoxy) is 1. The van der Waals surface area contributed by atoms with E-state index < -0.39 is 30.0 Å². The quantitative estimate of drug-likeness (QED) is 0.0960. The van der Waals surface area contributed by atoms with E-state index in [1.807, 2.05) is 0 Å². The Balaban J connectivity index is 0.00000112. The molecule has 0 aromatic heterocycles. The fourth-order valence-electron chi connectivity index (χ4n) is 3.86. The van der Waals surface area contributed by atoms with Crippen LogP contribution in [0, 0.1) is 0 Å². The minimum atomic E-state index is -4.78. The Hall–Kier alpha value is -1.10. The molecule has 0 bridgehead atoms. The summed E-state index contributed by atoms with van der Waals surface area (Å²) in [5.41, 5.74) is 0.0752. The molecule has 0 amide bonds. The van der Waals surface area contributed by atoms with E-state index >= 15 is 0 Å². The molecule has 5 rings (SSSR count). The molecule has 2 aromatic rings. The van der Waals surface area contributed by atoms with Crippen LogP contribution in [-0.4, -0.2) is 45.0 Å². The molecule has 0 atom stereocenters. The normalized spacial score (nSPS) is 13.1. The molecule has 3 aliphatic rings. The molecule has 0 fully saturated rings. The number of nitrogens with one attached hydrogen (secondary N) is 2. The topological polar surface area (TPSA) is 180 Å². The molecule has 39 heavy (non-hydrogen) atoms. The summed E-state index contributed by atoms with van der Waals surface area (Å²) in [7, 11) is -6.08. The van der Waals surface area contributed by atoms with Gasteiger partial charge in [0.25, 0.3) is 10.1 Å². The Kier molecular flexibility index (Phi) is 9.22. The summed E-state index contributed by atoms with van der Waals surface area (Å²) in [4.78, 5) is 7.06. The van der Waals surface area contributed by atoms with Crippen LogP contribution < -0.4 is 20.7 Å². The van der Waals surface area contributed by atoms with Gasteiger partial charge in [0.05, 0.1) is 16.7 Å². The monoisotopic (exact) mass is 877 g/mol. The number of benzene rings is 3. The van der Waals surface area contributed by atoms with Crippen LogP contribution in [0.5, 0.6) is 11.5 Å². The summed E-state index contributed by atoms with van der Waals surface area (Å²) in [6, 6.07) is 5.60. The molecule has 1 aliphatic carbocycles. The Morgan fingerprint density at radius 2 is 1.67 bits per heavy atom. The summed E-state index contributed by atoms with van der Waals surface area (Å²) in [5, 5.41) is 5.22. The van der Waals surface area contributed by atoms with Crippen LogP contribution in [0.15, 0.2) is 43.5 Å². The standard InChI is InChI=1S/C20H14Cl2N4O8S2.2HI.V/c1-23-9-5-3-7-15(19(9)35(27,28)29)33-17-11(21)14-18(12(22)13(17)25-7)34-16-8(26-14)4-6-10(24-2)20(16)36(30,31)32;;;/h3-6,23,25H,1-2H3,(H,27,28,29)(H,30,31,32);2*1H;/q;;;+2/p-2. The minimum absolute atomic E-state index is 0.000652. The van der Waals surface area contributed by atoms with Crippen molar-refractivity contribution in [3.63, 3.8) is 0 Å². The van der Waals surface area contributed by atoms with Gasteiger partial charge in [-0.05, 0) is 24.3 Å². The van der Waals surface area contributed by atoms with E-state index in [2.05, 4.69) is 60.6 Å². The molecular formula is C20H14Cl2I2N4O8S2V. The second kappa shape index (κ2) is 11.6. The van der Waals surface area contributed by atoms with Crippen molar-refractivity contribution in [2.45, 2.75) is 9.79 Å². The van der Waals surface area contributed by atoms with Crippen molar-refractivity contribution in [1.82, 2.24) is 4.98 Å². The van der Waals surface area contributed by atoms with Crippen LogP contribution in [-0.2, 0) is 29.7 Å². The van der Waals surface area contributed by atoms with Crippen molar-refractivity contribution in [1.29, 1.82) is 0 Å². The van der Waals surface area contributed by atoms with Gasteiger partial charge in [-0.25, -0.2) is 4.98 Å². The van der Waals surface area contributed by atoms with E-state index in [0.29, 0.717) is 9.47 Å². The number of hydrogen-bond acceptors (Lipinski definition) is 10. The zero-order valence-corrected chi connectivity index (χ0v) is 28.2. The third kappa shape index (κ3) is 5.69. The van der Waals surface area contributed by atoms with Crippen molar-refractivity contribution < 1.29 is 44.6 Å². The van der Waals surface area contributed by atoms with E-state index in [4.69, 9.17) is 32.4 Å². The van der Waals surface area contributed by atoms with Crippen molar-refractivity contribution in [3.05, 3.63) is 39.7 Å². The number of aromatic nitrogens is 1. The predicted molar refractivity (Wildman–Crippen MR) is 159 cm³/mol. The summed E-state index contributed by atoms with van der Waals surface area (Å²) in [6.07, 6.45) is 0. The molecule has 2 heterocycles. The Bertz CT molecular complexity index is 1910. The van der Waals surface area contributed by atoms with Gasteiger partial charge in [0, 0.05) is 14.1 Å². The zero-order chi connectivity index (χ0) is 28.9. The molecule has 0 unspecified atom stereocenters. The van der Waals surface area contributed by atoms with Gasteiger partial charge in [0.15, 0.2) is 32.6 Å². The van der Waals surface area contributed by atoms with Crippen molar-refractivity contribution >= 4 is 112 Å². The average Bonchev–Trinajstić information content (AvgIpc) is 2.87. The molecule has 207 valence electrons. The second-order valence-electron chi connectivity index (χ2n) is 7.52. The summed E-state index contributed by atoms with van der Waals surface area (Å²) in [6.45, 7) is 0. The second-order valence-corrected chi connectivity index (χ2v) is 22.8. The van der Waals surface area contributed by atoms with Crippen LogP contribution in [0.4, 0.5) is 17.1 Å². The SMILES string of the molecule is CN=c1ccc2nc3c(Cl)c4c(c(Cl)c3oc-2c1S(=O)(=O)O)Nc1ccc(NC)c(S(=O)(=O)O)c1O4.[I][V][I]. The van der Waals surface area contributed by atoms with Gasteiger partial charge in [-0.15, -0.1) is 0 Å². The number of hydrogen-bond donors (Lipinski definition) is 4. The van der Waals surface area contributed by atoms with Crippen LogP contribution in [0.3, 0.4) is 0 Å². The van der Waals surface area contributed by atoms with Crippen LogP contribution in [0.2, 0.25) is 10.0 Å². The maximum atomic E-state index is 12.1.